The van der Waals surface area contributed by atoms with E-state index in [1.807, 2.05) is 56.5 Å². The molecule has 164 valence electrons. The van der Waals surface area contributed by atoms with Gasteiger partial charge < -0.3 is 14.6 Å². The molecule has 3 aromatic rings. The lowest BCUT2D eigenvalue weighted by molar-refractivity contribution is -0.113. The number of amides is 1. The predicted molar refractivity (Wildman–Crippen MR) is 126 cm³/mol. The van der Waals surface area contributed by atoms with Crippen LogP contribution in [0.25, 0.3) is 0 Å². The van der Waals surface area contributed by atoms with Crippen LogP contribution < -0.4 is 10.1 Å². The van der Waals surface area contributed by atoms with E-state index in [1.54, 1.807) is 12.1 Å². The van der Waals surface area contributed by atoms with Gasteiger partial charge in [0, 0.05) is 22.3 Å². The fourth-order valence-corrected chi connectivity index (χ4v) is 4.10. The van der Waals surface area contributed by atoms with E-state index in [1.165, 1.54) is 11.8 Å². The van der Waals surface area contributed by atoms with Gasteiger partial charge in [0.2, 0.25) is 5.91 Å². The molecule has 9 heteroatoms. The van der Waals surface area contributed by atoms with Gasteiger partial charge in [-0.15, -0.1) is 10.2 Å². The van der Waals surface area contributed by atoms with Crippen LogP contribution in [0.15, 0.2) is 41.6 Å². The third kappa shape index (κ3) is 5.93. The van der Waals surface area contributed by atoms with Crippen LogP contribution in [0.4, 0.5) is 5.69 Å². The zero-order chi connectivity index (χ0) is 22.5. The molecule has 0 spiro atoms. The van der Waals surface area contributed by atoms with Gasteiger partial charge in [0.1, 0.15) is 5.75 Å². The number of ether oxygens (including phenoxy) is 1. The summed E-state index contributed by atoms with van der Waals surface area (Å²) in [6.45, 7) is 8.43. The molecule has 1 amide bonds. The molecule has 1 unspecified atom stereocenters. The first-order valence-electron chi connectivity index (χ1n) is 9.83. The van der Waals surface area contributed by atoms with Crippen molar-refractivity contribution in [2.75, 3.05) is 11.1 Å². The van der Waals surface area contributed by atoms with E-state index < -0.39 is 0 Å². The molecule has 2 aromatic carbocycles. The van der Waals surface area contributed by atoms with Gasteiger partial charge in [-0.3, -0.25) is 4.79 Å². The predicted octanol–water partition coefficient (Wildman–Crippen LogP) is 6.09. The van der Waals surface area contributed by atoms with Crippen LogP contribution in [0.3, 0.4) is 0 Å². The highest BCUT2D eigenvalue weighted by molar-refractivity contribution is 7.99. The number of aromatic nitrogens is 3. The van der Waals surface area contributed by atoms with E-state index in [-0.39, 0.29) is 17.8 Å². The first-order chi connectivity index (χ1) is 14.8. The summed E-state index contributed by atoms with van der Waals surface area (Å²) < 4.78 is 7.99. The zero-order valence-electron chi connectivity index (χ0n) is 17.8. The molecule has 0 aliphatic heterocycles. The zero-order valence-corrected chi connectivity index (χ0v) is 20.1. The summed E-state index contributed by atoms with van der Waals surface area (Å²) >= 11 is 13.4. The van der Waals surface area contributed by atoms with Crippen molar-refractivity contribution in [3.63, 3.8) is 0 Å². The molecule has 1 aromatic heterocycles. The highest BCUT2D eigenvalue weighted by atomic mass is 35.5. The number of aryl methyl sites for hydroxylation is 2. The number of nitrogens with one attached hydrogen (secondary N) is 1. The molecule has 6 nitrogen and oxygen atoms in total. The quantitative estimate of drug-likeness (QED) is 0.396. The molecule has 0 saturated heterocycles. The Bertz CT molecular complexity index is 1090. The fraction of sp³-hybridized carbons (Fsp3) is 0.318. The van der Waals surface area contributed by atoms with E-state index in [0.29, 0.717) is 39.0 Å². The van der Waals surface area contributed by atoms with Gasteiger partial charge in [-0.25, -0.2) is 0 Å². The second-order valence-corrected chi connectivity index (χ2v) is 8.84. The Morgan fingerprint density at radius 3 is 2.65 bits per heavy atom. The smallest absolute Gasteiger partial charge is 0.234 e. The summed E-state index contributed by atoms with van der Waals surface area (Å²) in [7, 11) is 0. The third-order valence-electron chi connectivity index (χ3n) is 4.67. The second-order valence-electron chi connectivity index (χ2n) is 7.05. The lowest BCUT2D eigenvalue weighted by Crippen LogP contribution is -2.16. The van der Waals surface area contributed by atoms with Crippen molar-refractivity contribution in [2.24, 2.45) is 0 Å². The van der Waals surface area contributed by atoms with Crippen molar-refractivity contribution in [3.05, 3.63) is 63.4 Å². The molecule has 0 aliphatic carbocycles. The normalized spacial score (nSPS) is 11.9. The van der Waals surface area contributed by atoms with Crippen LogP contribution in [0, 0.1) is 13.8 Å². The largest absolute Gasteiger partial charge is 0.483 e. The summed E-state index contributed by atoms with van der Waals surface area (Å²) in [6.07, 6.45) is -0.315. The van der Waals surface area contributed by atoms with E-state index in [2.05, 4.69) is 15.5 Å². The van der Waals surface area contributed by atoms with Crippen molar-refractivity contribution < 1.29 is 9.53 Å². The number of hydrogen-bond acceptors (Lipinski definition) is 5. The maximum absolute atomic E-state index is 12.4. The summed E-state index contributed by atoms with van der Waals surface area (Å²) in [6, 6.07) is 10.9. The summed E-state index contributed by atoms with van der Waals surface area (Å²) in [5.74, 6) is 1.48. The number of carbonyl (C=O) groups is 1. The standard InChI is InChI=1S/C22H24Cl2N4O2S/c1-5-28-21(15(4)30-17-8-9-18(24)14(3)10-17)26-27-22(28)31-12-20(29)25-19-11-16(23)7-6-13(19)2/h6-11,15H,5,12H2,1-4H3,(H,25,29). The molecule has 0 fully saturated rings. The maximum atomic E-state index is 12.4. The van der Waals surface area contributed by atoms with Crippen LogP contribution in [-0.2, 0) is 11.3 Å². The Labute approximate surface area is 196 Å². The molecule has 0 radical (unpaired) electrons. The third-order valence-corrected chi connectivity index (χ3v) is 6.30. The number of hydrogen-bond donors (Lipinski definition) is 1. The van der Waals surface area contributed by atoms with Gasteiger partial charge in [0.25, 0.3) is 0 Å². The van der Waals surface area contributed by atoms with E-state index >= 15 is 0 Å². The molecule has 0 bridgehead atoms. The molecule has 1 N–H and O–H groups in total. The van der Waals surface area contributed by atoms with E-state index in [9.17, 15) is 4.79 Å². The number of anilines is 1. The Morgan fingerprint density at radius 2 is 1.94 bits per heavy atom. The van der Waals surface area contributed by atoms with Gasteiger partial charge in [0.05, 0.1) is 5.75 Å². The molecule has 0 aliphatic rings. The van der Waals surface area contributed by atoms with Crippen LogP contribution >= 0.6 is 35.0 Å². The van der Waals surface area contributed by atoms with Gasteiger partial charge in [-0.1, -0.05) is 41.0 Å². The van der Waals surface area contributed by atoms with Crippen molar-refractivity contribution >= 4 is 46.6 Å². The first-order valence-corrected chi connectivity index (χ1v) is 11.6. The molecule has 31 heavy (non-hydrogen) atoms. The van der Waals surface area contributed by atoms with E-state index in [0.717, 1.165) is 11.1 Å². The Hall–Kier alpha value is -2.22. The average Bonchev–Trinajstić information content (AvgIpc) is 3.15. The number of halogens is 2. The van der Waals surface area contributed by atoms with E-state index in [4.69, 9.17) is 27.9 Å². The van der Waals surface area contributed by atoms with Crippen LogP contribution in [0.2, 0.25) is 10.0 Å². The van der Waals surface area contributed by atoms with Gasteiger partial charge in [0.15, 0.2) is 17.1 Å². The van der Waals surface area contributed by atoms with Crippen LogP contribution in [0.5, 0.6) is 5.75 Å². The summed E-state index contributed by atoms with van der Waals surface area (Å²) in [4.78, 5) is 12.4. The molecule has 0 saturated carbocycles. The van der Waals surface area contributed by atoms with Crippen LogP contribution in [-0.4, -0.2) is 26.4 Å². The molecular formula is C22H24Cl2N4O2S. The molecule has 1 heterocycles. The lowest BCUT2D eigenvalue weighted by Gasteiger charge is -2.16. The minimum absolute atomic E-state index is 0.136. The number of nitrogens with zero attached hydrogens (tertiary/aromatic N) is 3. The minimum Gasteiger partial charge on any atom is -0.483 e. The Balaban J connectivity index is 1.65. The van der Waals surface area contributed by atoms with Gasteiger partial charge >= 0.3 is 0 Å². The van der Waals surface area contributed by atoms with Crippen molar-refractivity contribution in [1.29, 1.82) is 0 Å². The van der Waals surface area contributed by atoms with Gasteiger partial charge in [-0.2, -0.15) is 0 Å². The highest BCUT2D eigenvalue weighted by Gasteiger charge is 2.20. The summed E-state index contributed by atoms with van der Waals surface area (Å²) in [5.41, 5.74) is 2.60. The SMILES string of the molecule is CCn1c(SCC(=O)Nc2cc(Cl)ccc2C)nnc1C(C)Oc1ccc(Cl)c(C)c1. The van der Waals surface area contributed by atoms with Gasteiger partial charge in [-0.05, 0) is 69.2 Å². The lowest BCUT2D eigenvalue weighted by atomic mass is 10.2. The topological polar surface area (TPSA) is 69.0 Å². The highest BCUT2D eigenvalue weighted by Crippen LogP contribution is 2.27. The molecule has 1 atom stereocenters. The molecule has 3 rings (SSSR count). The molecular weight excluding hydrogens is 455 g/mol. The maximum Gasteiger partial charge on any atom is 0.234 e. The fourth-order valence-electron chi connectivity index (χ4n) is 3.00. The average molecular weight is 479 g/mol. The van der Waals surface area contributed by atoms with Crippen molar-refractivity contribution in [1.82, 2.24) is 14.8 Å². The Kier molecular flexibility index (Phi) is 7.86. The van der Waals surface area contributed by atoms with Crippen molar-refractivity contribution in [3.8, 4) is 5.75 Å². The number of carbonyl (C=O) groups excluding carboxylic acids is 1. The van der Waals surface area contributed by atoms with Crippen LogP contribution in [0.1, 0.15) is 36.9 Å². The monoisotopic (exact) mass is 478 g/mol. The first kappa shape index (κ1) is 23.4. The number of thioether (sulfide) groups is 1. The van der Waals surface area contributed by atoms with Crippen molar-refractivity contribution in [2.45, 2.75) is 45.5 Å². The second kappa shape index (κ2) is 10.4. The minimum atomic E-state index is -0.315. The Morgan fingerprint density at radius 1 is 1.16 bits per heavy atom. The summed E-state index contributed by atoms with van der Waals surface area (Å²) in [5, 5.41) is 13.4. The number of rotatable bonds is 8. The number of benzene rings is 2.